The van der Waals surface area contributed by atoms with Crippen LogP contribution >= 0.6 is 15.6 Å². The first kappa shape index (κ1) is 98.1. The van der Waals surface area contributed by atoms with Crippen molar-refractivity contribution in [2.24, 2.45) is 23.7 Å². The molecule has 0 saturated carbocycles. The van der Waals surface area contributed by atoms with E-state index in [4.69, 9.17) is 37.0 Å². The fourth-order valence-electron chi connectivity index (χ4n) is 12.4. The molecule has 0 bridgehead atoms. The topological polar surface area (TPSA) is 237 Å². The summed E-state index contributed by atoms with van der Waals surface area (Å²) >= 11 is 0. The van der Waals surface area contributed by atoms with Gasteiger partial charge in [-0.3, -0.25) is 37.3 Å². The third-order valence-electron chi connectivity index (χ3n) is 18.8. The minimum absolute atomic E-state index is 0.105. The Labute approximate surface area is 613 Å². The molecule has 0 heterocycles. The summed E-state index contributed by atoms with van der Waals surface area (Å²) in [5, 5.41) is 10.6. The highest BCUT2D eigenvalue weighted by molar-refractivity contribution is 7.47. The Hall–Kier alpha value is -1.94. The number of aliphatic hydroxyl groups is 1. The van der Waals surface area contributed by atoms with Crippen molar-refractivity contribution in [3.8, 4) is 0 Å². The number of esters is 4. The maximum Gasteiger partial charge on any atom is 0.472 e. The molecule has 0 saturated heterocycles. The van der Waals surface area contributed by atoms with Crippen LogP contribution in [0.2, 0.25) is 0 Å². The van der Waals surface area contributed by atoms with Crippen LogP contribution in [0.15, 0.2) is 0 Å². The minimum Gasteiger partial charge on any atom is -0.462 e. The predicted octanol–water partition coefficient (Wildman–Crippen LogP) is 24.0. The van der Waals surface area contributed by atoms with Gasteiger partial charge in [-0.05, 0) is 49.4 Å². The number of rotatable bonds is 78. The van der Waals surface area contributed by atoms with Gasteiger partial charge in [0.25, 0.3) is 0 Å². The molecule has 3 N–H and O–H groups in total. The van der Waals surface area contributed by atoms with Gasteiger partial charge in [0.2, 0.25) is 0 Å². The Balaban J connectivity index is 5.26. The van der Waals surface area contributed by atoms with Crippen LogP contribution in [0.3, 0.4) is 0 Å². The number of phosphoric acid groups is 2. The lowest BCUT2D eigenvalue weighted by Crippen LogP contribution is -2.30. The number of hydrogen-bond acceptors (Lipinski definition) is 15. The van der Waals surface area contributed by atoms with E-state index in [2.05, 4.69) is 55.4 Å². The Morgan fingerprint density at radius 3 is 0.620 bits per heavy atom. The van der Waals surface area contributed by atoms with Gasteiger partial charge in [-0.2, -0.15) is 0 Å². The second kappa shape index (κ2) is 70.1. The van der Waals surface area contributed by atoms with Gasteiger partial charge in [0.1, 0.15) is 19.3 Å². The molecule has 5 atom stereocenters. The van der Waals surface area contributed by atoms with Crippen LogP contribution in [0.5, 0.6) is 0 Å². The second-order valence-electron chi connectivity index (χ2n) is 31.1. The predicted molar refractivity (Wildman–Crippen MR) is 409 cm³/mol. The van der Waals surface area contributed by atoms with E-state index >= 15 is 0 Å². The van der Waals surface area contributed by atoms with E-state index in [1.807, 2.05) is 0 Å². The molecular formula is C81H158O17P2. The summed E-state index contributed by atoms with van der Waals surface area (Å²) in [5.74, 6) is 0.984. The van der Waals surface area contributed by atoms with Crippen molar-refractivity contribution < 1.29 is 80.2 Å². The van der Waals surface area contributed by atoms with E-state index in [9.17, 15) is 43.2 Å². The number of phosphoric ester groups is 2. The van der Waals surface area contributed by atoms with Crippen LogP contribution in [-0.4, -0.2) is 96.7 Å². The molecule has 0 aromatic rings. The Morgan fingerprint density at radius 1 is 0.250 bits per heavy atom. The molecule has 0 spiro atoms. The van der Waals surface area contributed by atoms with E-state index in [-0.39, 0.29) is 25.7 Å². The average Bonchev–Trinajstić information content (AvgIpc) is 0.914. The van der Waals surface area contributed by atoms with Crippen molar-refractivity contribution in [2.75, 3.05) is 39.6 Å². The molecule has 0 radical (unpaired) electrons. The molecule has 17 nitrogen and oxygen atoms in total. The minimum atomic E-state index is -4.96. The molecule has 0 rings (SSSR count). The van der Waals surface area contributed by atoms with Crippen molar-refractivity contribution in [1.29, 1.82) is 0 Å². The average molecular weight is 1470 g/mol. The number of hydrogen-bond donors (Lipinski definition) is 3. The van der Waals surface area contributed by atoms with Gasteiger partial charge >= 0.3 is 39.5 Å². The number of carbonyl (C=O) groups excluding carboxylic acids is 4. The Kier molecular flexibility index (Phi) is 68.7. The highest BCUT2D eigenvalue weighted by Gasteiger charge is 2.30. The Morgan fingerprint density at radius 2 is 0.420 bits per heavy atom. The van der Waals surface area contributed by atoms with Gasteiger partial charge < -0.3 is 33.8 Å². The van der Waals surface area contributed by atoms with Gasteiger partial charge in [-0.15, -0.1) is 0 Å². The van der Waals surface area contributed by atoms with Crippen LogP contribution in [0.1, 0.15) is 415 Å². The third-order valence-corrected chi connectivity index (χ3v) is 20.7. The van der Waals surface area contributed by atoms with Crippen LogP contribution < -0.4 is 0 Å². The van der Waals surface area contributed by atoms with Gasteiger partial charge in [0, 0.05) is 25.7 Å². The van der Waals surface area contributed by atoms with Crippen LogP contribution in [0.4, 0.5) is 0 Å². The van der Waals surface area contributed by atoms with E-state index in [1.54, 1.807) is 0 Å². The summed E-state index contributed by atoms with van der Waals surface area (Å²) in [7, 11) is -9.92. The van der Waals surface area contributed by atoms with E-state index in [0.29, 0.717) is 25.7 Å². The largest absolute Gasteiger partial charge is 0.472 e. The first-order valence-corrected chi connectivity index (χ1v) is 44.7. The second-order valence-corrected chi connectivity index (χ2v) is 34.0. The Bertz CT molecular complexity index is 1950. The molecule has 594 valence electrons. The first-order valence-electron chi connectivity index (χ1n) is 41.7. The standard InChI is InChI=1S/C81H158O17P2/c1-71(2)57-49-41-33-25-18-14-10-9-11-17-21-30-39-47-55-63-80(85)97-76(67-91-78(83)61-53-45-37-29-20-16-13-12-15-19-26-34-42-50-58-72(3)4)69-95-99(87,88)93-65-75(82)66-94-100(89,90)96-70-77(68-92-79(84)62-54-46-38-32-24-28-36-44-52-60-74(7)8)98-81(86)64-56-48-40-31-23-22-27-35-43-51-59-73(5)6/h71-77,82H,9-70H2,1-8H3,(H,87,88)(H,89,90)/t75-,76-,77-/m1/s1. The number of carbonyl (C=O) groups is 4. The zero-order valence-electron chi connectivity index (χ0n) is 65.8. The fourth-order valence-corrected chi connectivity index (χ4v) is 14.0. The van der Waals surface area contributed by atoms with Gasteiger partial charge in [-0.25, -0.2) is 9.13 Å². The van der Waals surface area contributed by atoms with E-state index in [0.717, 1.165) is 114 Å². The van der Waals surface area contributed by atoms with Crippen molar-refractivity contribution in [2.45, 2.75) is 433 Å². The lowest BCUT2D eigenvalue weighted by atomic mass is 10.0. The fraction of sp³-hybridized carbons (Fsp3) is 0.951. The van der Waals surface area contributed by atoms with Gasteiger partial charge in [-0.1, -0.05) is 364 Å². The van der Waals surface area contributed by atoms with Crippen LogP contribution in [-0.2, 0) is 65.4 Å². The molecule has 100 heavy (non-hydrogen) atoms. The molecule has 0 aromatic heterocycles. The van der Waals surface area contributed by atoms with Crippen LogP contribution in [0, 0.1) is 23.7 Å². The van der Waals surface area contributed by atoms with Crippen LogP contribution in [0.25, 0.3) is 0 Å². The summed E-state index contributed by atoms with van der Waals surface area (Å²) in [6, 6.07) is 0. The normalized spacial score (nSPS) is 14.0. The third kappa shape index (κ3) is 74.3. The SMILES string of the molecule is CC(C)CCCCCCCCCCCCCCCCCC(=O)O[C@H](COC(=O)CCCCCCCCCCCCCCCCC(C)C)COP(=O)(O)OC[C@@H](O)COP(=O)(O)OC[C@@H](COC(=O)CCCCCCCCCCCC(C)C)OC(=O)CCCCCCCCCCCCC(C)C. The maximum absolute atomic E-state index is 13.1. The molecular weight excluding hydrogens is 1310 g/mol. The number of aliphatic hydroxyl groups excluding tert-OH is 1. The zero-order valence-corrected chi connectivity index (χ0v) is 67.6. The van der Waals surface area contributed by atoms with E-state index < -0.39 is 97.5 Å². The van der Waals surface area contributed by atoms with Gasteiger partial charge in [0.05, 0.1) is 26.4 Å². The zero-order chi connectivity index (χ0) is 73.8. The molecule has 2 unspecified atom stereocenters. The number of ether oxygens (including phenoxy) is 4. The van der Waals surface area contributed by atoms with E-state index in [1.165, 1.54) is 218 Å². The molecule has 0 fully saturated rings. The summed E-state index contributed by atoms with van der Waals surface area (Å²) in [6.07, 6.45) is 56.8. The van der Waals surface area contributed by atoms with Crippen molar-refractivity contribution in [3.05, 3.63) is 0 Å². The highest BCUT2D eigenvalue weighted by atomic mass is 31.2. The van der Waals surface area contributed by atoms with Crippen molar-refractivity contribution >= 4 is 39.5 Å². The quantitative estimate of drug-likeness (QED) is 0.0222. The molecule has 0 aliphatic carbocycles. The summed E-state index contributed by atoms with van der Waals surface area (Å²) < 4.78 is 68.7. The van der Waals surface area contributed by atoms with Crippen molar-refractivity contribution in [1.82, 2.24) is 0 Å². The smallest absolute Gasteiger partial charge is 0.462 e. The van der Waals surface area contributed by atoms with Gasteiger partial charge in [0.15, 0.2) is 12.2 Å². The molecule has 0 aliphatic rings. The van der Waals surface area contributed by atoms with Crippen molar-refractivity contribution in [3.63, 3.8) is 0 Å². The monoisotopic (exact) mass is 1470 g/mol. The molecule has 0 aliphatic heterocycles. The molecule has 0 amide bonds. The lowest BCUT2D eigenvalue weighted by Gasteiger charge is -2.21. The lowest BCUT2D eigenvalue weighted by molar-refractivity contribution is -0.161. The first-order chi connectivity index (χ1) is 48.1. The molecule has 19 heteroatoms. The summed E-state index contributed by atoms with van der Waals surface area (Å²) in [4.78, 5) is 73.1. The number of unbranched alkanes of at least 4 members (excludes halogenated alkanes) is 44. The summed E-state index contributed by atoms with van der Waals surface area (Å²) in [6.45, 7) is 14.3. The summed E-state index contributed by atoms with van der Waals surface area (Å²) in [5.41, 5.74) is 0. The highest BCUT2D eigenvalue weighted by Crippen LogP contribution is 2.45. The maximum atomic E-state index is 13.1. The molecule has 0 aromatic carbocycles.